The van der Waals surface area contributed by atoms with Gasteiger partial charge in [-0.25, -0.2) is 10.4 Å². The third-order valence-electron chi connectivity index (χ3n) is 1.86. The predicted molar refractivity (Wildman–Crippen MR) is 60.3 cm³/mol. The number of aromatic nitrogens is 1. The third kappa shape index (κ3) is 2.65. The first-order chi connectivity index (χ1) is 7.25. The molecule has 0 unspecified atom stereocenters. The Labute approximate surface area is 92.5 Å². The van der Waals surface area contributed by atoms with E-state index in [1.807, 2.05) is 37.4 Å². The molecule has 0 atom stereocenters. The highest BCUT2D eigenvalue weighted by molar-refractivity contribution is 7.15. The number of hydrazine groups is 1. The molecule has 0 aliphatic heterocycles. The SMILES string of the molecule is CN(C)NCc1ncc(-c2ccco2)s1. The van der Waals surface area contributed by atoms with Crippen molar-refractivity contribution < 1.29 is 4.42 Å². The smallest absolute Gasteiger partial charge is 0.145 e. The Kier molecular flexibility index (Phi) is 3.15. The summed E-state index contributed by atoms with van der Waals surface area (Å²) in [5.41, 5.74) is 3.17. The minimum Gasteiger partial charge on any atom is -0.463 e. The zero-order chi connectivity index (χ0) is 10.7. The van der Waals surface area contributed by atoms with E-state index in [1.54, 1.807) is 17.6 Å². The molecule has 0 bridgehead atoms. The Bertz CT molecular complexity index is 408. The van der Waals surface area contributed by atoms with Gasteiger partial charge in [0.1, 0.15) is 10.8 Å². The van der Waals surface area contributed by atoms with Crippen molar-refractivity contribution in [3.63, 3.8) is 0 Å². The number of furan rings is 1. The lowest BCUT2D eigenvalue weighted by Crippen LogP contribution is -2.29. The van der Waals surface area contributed by atoms with Crippen molar-refractivity contribution in [1.82, 2.24) is 15.4 Å². The summed E-state index contributed by atoms with van der Waals surface area (Å²) < 4.78 is 5.30. The lowest BCUT2D eigenvalue weighted by molar-refractivity contribution is 0.286. The van der Waals surface area contributed by atoms with Crippen LogP contribution in [-0.2, 0) is 6.54 Å². The van der Waals surface area contributed by atoms with Gasteiger partial charge in [-0.2, -0.15) is 0 Å². The maximum absolute atomic E-state index is 5.30. The molecule has 1 N–H and O–H groups in total. The summed E-state index contributed by atoms with van der Waals surface area (Å²) in [6, 6.07) is 3.82. The standard InChI is InChI=1S/C10H13N3OS/c1-13(2)12-7-10-11-6-9(15-10)8-4-3-5-14-8/h3-6,12H,7H2,1-2H3. The molecule has 0 saturated heterocycles. The molecule has 0 aliphatic rings. The summed E-state index contributed by atoms with van der Waals surface area (Å²) in [5, 5.41) is 2.96. The van der Waals surface area contributed by atoms with E-state index < -0.39 is 0 Å². The van der Waals surface area contributed by atoms with E-state index in [-0.39, 0.29) is 0 Å². The first-order valence-electron chi connectivity index (χ1n) is 4.65. The van der Waals surface area contributed by atoms with E-state index in [2.05, 4.69) is 10.4 Å². The van der Waals surface area contributed by atoms with Crippen LogP contribution in [0.2, 0.25) is 0 Å². The Hall–Kier alpha value is -1.17. The van der Waals surface area contributed by atoms with Crippen LogP contribution in [0.25, 0.3) is 10.6 Å². The molecule has 0 aromatic carbocycles. The highest BCUT2D eigenvalue weighted by Gasteiger charge is 2.06. The Balaban J connectivity index is 2.04. The summed E-state index contributed by atoms with van der Waals surface area (Å²) in [7, 11) is 3.92. The van der Waals surface area contributed by atoms with Crippen LogP contribution in [0.15, 0.2) is 29.0 Å². The van der Waals surface area contributed by atoms with Crippen LogP contribution in [0.5, 0.6) is 0 Å². The summed E-state index contributed by atoms with van der Waals surface area (Å²) in [6.07, 6.45) is 3.52. The largest absolute Gasteiger partial charge is 0.463 e. The van der Waals surface area contributed by atoms with Crippen LogP contribution in [0, 0.1) is 0 Å². The molecule has 5 heteroatoms. The van der Waals surface area contributed by atoms with Crippen LogP contribution >= 0.6 is 11.3 Å². The molecule has 80 valence electrons. The monoisotopic (exact) mass is 223 g/mol. The van der Waals surface area contributed by atoms with E-state index in [4.69, 9.17) is 4.42 Å². The third-order valence-corrected chi connectivity index (χ3v) is 2.88. The highest BCUT2D eigenvalue weighted by Crippen LogP contribution is 2.26. The van der Waals surface area contributed by atoms with Gasteiger partial charge in [0.2, 0.25) is 0 Å². The second-order valence-corrected chi connectivity index (χ2v) is 4.44. The number of nitrogens with one attached hydrogen (secondary N) is 1. The highest BCUT2D eigenvalue weighted by atomic mass is 32.1. The Morgan fingerprint density at radius 1 is 1.53 bits per heavy atom. The van der Waals surface area contributed by atoms with Crippen molar-refractivity contribution in [3.8, 4) is 10.6 Å². The van der Waals surface area contributed by atoms with Gasteiger partial charge >= 0.3 is 0 Å². The maximum Gasteiger partial charge on any atom is 0.145 e. The van der Waals surface area contributed by atoms with E-state index in [0.717, 1.165) is 22.2 Å². The molecule has 2 rings (SSSR count). The van der Waals surface area contributed by atoms with Crippen molar-refractivity contribution in [2.45, 2.75) is 6.54 Å². The first-order valence-corrected chi connectivity index (χ1v) is 5.47. The predicted octanol–water partition coefficient (Wildman–Crippen LogP) is 1.97. The van der Waals surface area contributed by atoms with Gasteiger partial charge in [0.05, 0.1) is 17.7 Å². The van der Waals surface area contributed by atoms with Gasteiger partial charge in [0, 0.05) is 20.3 Å². The number of nitrogens with zero attached hydrogens (tertiary/aromatic N) is 2. The van der Waals surface area contributed by atoms with Crippen molar-refractivity contribution in [3.05, 3.63) is 29.6 Å². The van der Waals surface area contributed by atoms with Crippen LogP contribution in [-0.4, -0.2) is 24.1 Å². The second-order valence-electron chi connectivity index (χ2n) is 3.32. The van der Waals surface area contributed by atoms with Crippen molar-refractivity contribution in [1.29, 1.82) is 0 Å². The molecule has 2 heterocycles. The molecule has 0 saturated carbocycles. The fraction of sp³-hybridized carbons (Fsp3) is 0.300. The zero-order valence-electron chi connectivity index (χ0n) is 8.73. The molecule has 2 aromatic heterocycles. The number of hydrogen-bond acceptors (Lipinski definition) is 5. The Morgan fingerprint density at radius 2 is 2.40 bits per heavy atom. The van der Waals surface area contributed by atoms with Gasteiger partial charge in [-0.1, -0.05) is 0 Å². The summed E-state index contributed by atoms with van der Waals surface area (Å²) >= 11 is 1.64. The van der Waals surface area contributed by atoms with Gasteiger partial charge in [0.25, 0.3) is 0 Å². The Morgan fingerprint density at radius 3 is 3.07 bits per heavy atom. The van der Waals surface area contributed by atoms with Crippen LogP contribution < -0.4 is 5.43 Å². The molecule has 15 heavy (non-hydrogen) atoms. The zero-order valence-corrected chi connectivity index (χ0v) is 9.54. The lowest BCUT2D eigenvalue weighted by atomic mass is 10.4. The molecular formula is C10H13N3OS. The fourth-order valence-electron chi connectivity index (χ4n) is 1.15. The van der Waals surface area contributed by atoms with Crippen LogP contribution in [0.4, 0.5) is 0 Å². The van der Waals surface area contributed by atoms with Gasteiger partial charge in [-0.3, -0.25) is 5.01 Å². The summed E-state index contributed by atoms with van der Waals surface area (Å²) in [5.74, 6) is 0.878. The van der Waals surface area contributed by atoms with Crippen molar-refractivity contribution >= 4 is 11.3 Å². The molecule has 4 nitrogen and oxygen atoms in total. The average molecular weight is 223 g/mol. The van der Waals surface area contributed by atoms with Gasteiger partial charge in [0.15, 0.2) is 0 Å². The van der Waals surface area contributed by atoms with E-state index >= 15 is 0 Å². The van der Waals surface area contributed by atoms with Crippen molar-refractivity contribution in [2.75, 3.05) is 14.1 Å². The molecule has 0 aliphatic carbocycles. The minimum atomic E-state index is 0.748. The molecule has 0 spiro atoms. The molecule has 2 aromatic rings. The number of thiazole rings is 1. The van der Waals surface area contributed by atoms with Gasteiger partial charge in [-0.05, 0) is 12.1 Å². The lowest BCUT2D eigenvalue weighted by Gasteiger charge is -2.09. The van der Waals surface area contributed by atoms with Crippen molar-refractivity contribution in [2.24, 2.45) is 0 Å². The summed E-state index contributed by atoms with van der Waals surface area (Å²) in [4.78, 5) is 5.38. The molecule has 0 amide bonds. The molecular weight excluding hydrogens is 210 g/mol. The normalized spacial score (nSPS) is 11.1. The molecule has 0 radical (unpaired) electrons. The quantitative estimate of drug-likeness (QED) is 0.805. The number of rotatable bonds is 4. The van der Waals surface area contributed by atoms with Crippen LogP contribution in [0.3, 0.4) is 0 Å². The second kappa shape index (κ2) is 4.57. The van der Waals surface area contributed by atoms with E-state index in [9.17, 15) is 0 Å². The average Bonchev–Trinajstić information content (AvgIpc) is 2.85. The van der Waals surface area contributed by atoms with Crippen LogP contribution in [0.1, 0.15) is 5.01 Å². The topological polar surface area (TPSA) is 41.3 Å². The van der Waals surface area contributed by atoms with Gasteiger partial charge in [-0.15, -0.1) is 11.3 Å². The fourth-order valence-corrected chi connectivity index (χ4v) is 1.97. The van der Waals surface area contributed by atoms with E-state index in [0.29, 0.717) is 0 Å². The van der Waals surface area contributed by atoms with E-state index in [1.165, 1.54) is 0 Å². The molecule has 0 fully saturated rings. The summed E-state index contributed by atoms with van der Waals surface area (Å²) in [6.45, 7) is 0.748. The number of hydrogen-bond donors (Lipinski definition) is 1. The minimum absolute atomic E-state index is 0.748. The first kappa shape index (κ1) is 10.4. The maximum atomic E-state index is 5.30. The van der Waals surface area contributed by atoms with Gasteiger partial charge < -0.3 is 4.42 Å².